The first-order valence-corrected chi connectivity index (χ1v) is 11.0. The van der Waals surface area contributed by atoms with E-state index in [-0.39, 0.29) is 17.3 Å². The molecular weight excluding hydrogens is 445 g/mol. The van der Waals surface area contributed by atoms with Gasteiger partial charge in [-0.05, 0) is 40.6 Å². The highest BCUT2D eigenvalue weighted by Gasteiger charge is 2.48. The van der Waals surface area contributed by atoms with Crippen molar-refractivity contribution in [1.82, 2.24) is 9.97 Å². The van der Waals surface area contributed by atoms with Crippen molar-refractivity contribution in [3.05, 3.63) is 114 Å². The predicted molar refractivity (Wildman–Crippen MR) is 131 cm³/mol. The number of aromatic nitrogens is 2. The van der Waals surface area contributed by atoms with E-state index in [0.717, 1.165) is 10.8 Å². The first kappa shape index (κ1) is 20.8. The summed E-state index contributed by atoms with van der Waals surface area (Å²) in [4.78, 5) is 35.2. The van der Waals surface area contributed by atoms with Gasteiger partial charge in [-0.15, -0.1) is 0 Å². The second-order valence-electron chi connectivity index (χ2n) is 8.36. The quantitative estimate of drug-likeness (QED) is 0.211. The molecule has 0 aliphatic carbocycles. The number of benzene rings is 4. The number of aliphatic hydroxyl groups is 1. The van der Waals surface area contributed by atoms with E-state index < -0.39 is 23.5 Å². The summed E-state index contributed by atoms with van der Waals surface area (Å²) in [6, 6.07) is 25.1. The maximum absolute atomic E-state index is 13.7. The molecule has 5 aromatic rings. The van der Waals surface area contributed by atoms with Crippen LogP contribution in [0.25, 0.3) is 27.6 Å². The van der Waals surface area contributed by atoms with Gasteiger partial charge in [0.25, 0.3) is 5.78 Å². The lowest BCUT2D eigenvalue weighted by atomic mass is 9.94. The molecule has 1 unspecified atom stereocenters. The number of nitrogens with zero attached hydrogens (tertiary/aromatic N) is 2. The average Bonchev–Trinajstić information content (AvgIpc) is 3.41. The number of nitrogens with one attached hydrogen (secondary N) is 1. The maximum Gasteiger partial charge on any atom is 0.302 e. The molecule has 1 fully saturated rings. The van der Waals surface area contributed by atoms with E-state index in [9.17, 15) is 19.1 Å². The Morgan fingerprint density at radius 2 is 1.63 bits per heavy atom. The van der Waals surface area contributed by atoms with Gasteiger partial charge in [0.1, 0.15) is 11.6 Å². The summed E-state index contributed by atoms with van der Waals surface area (Å²) in [6.45, 7) is 0. The monoisotopic (exact) mass is 463 g/mol. The molecule has 1 amide bonds. The predicted octanol–water partition coefficient (Wildman–Crippen LogP) is 5.48. The number of anilines is 1. The number of imidazole rings is 1. The number of aliphatic hydroxyl groups excluding tert-OH is 1. The molecule has 4 aromatic carbocycles. The number of hydrogen-bond acceptors (Lipinski definition) is 4. The number of ketones is 1. The van der Waals surface area contributed by atoms with Crippen LogP contribution >= 0.6 is 0 Å². The molecule has 2 N–H and O–H groups in total. The Morgan fingerprint density at radius 1 is 0.886 bits per heavy atom. The number of carbonyl (C=O) groups is 2. The summed E-state index contributed by atoms with van der Waals surface area (Å²) in [5, 5.41) is 13.2. The molecular formula is C28H18FN3O3. The van der Waals surface area contributed by atoms with Crippen molar-refractivity contribution in [2.45, 2.75) is 6.04 Å². The molecule has 1 atom stereocenters. The van der Waals surface area contributed by atoms with Gasteiger partial charge in [0.15, 0.2) is 0 Å². The number of carbonyl (C=O) groups excluding carboxylic acids is 2. The topological polar surface area (TPSA) is 86.3 Å². The van der Waals surface area contributed by atoms with E-state index in [1.165, 1.54) is 23.1 Å². The number of hydrogen-bond donors (Lipinski definition) is 2. The van der Waals surface area contributed by atoms with Crippen LogP contribution in [-0.2, 0) is 9.59 Å². The smallest absolute Gasteiger partial charge is 0.302 e. The number of rotatable bonds is 3. The van der Waals surface area contributed by atoms with Crippen LogP contribution in [0.1, 0.15) is 17.2 Å². The van der Waals surface area contributed by atoms with Crippen LogP contribution in [0, 0.1) is 5.82 Å². The number of H-pyrrole nitrogens is 1. The van der Waals surface area contributed by atoms with E-state index in [1.807, 2.05) is 36.4 Å². The van der Waals surface area contributed by atoms with Crippen LogP contribution in [0.3, 0.4) is 0 Å². The van der Waals surface area contributed by atoms with Crippen LogP contribution in [0.5, 0.6) is 0 Å². The number of fused-ring (bicyclic) bond motifs is 2. The van der Waals surface area contributed by atoms with E-state index in [1.54, 1.807) is 36.4 Å². The highest BCUT2D eigenvalue weighted by atomic mass is 19.1. The molecule has 0 bridgehead atoms. The van der Waals surface area contributed by atoms with E-state index in [4.69, 9.17) is 0 Å². The molecule has 6 rings (SSSR count). The number of Topliss-reactive ketones (excluding diaryl/α,β-unsaturated/α-hetero) is 1. The van der Waals surface area contributed by atoms with Gasteiger partial charge in [-0.2, -0.15) is 0 Å². The SMILES string of the molecule is O=C1C(=O)N(c2nc3ccc(F)cc3[nH]2)C(c2ccccc2)/C1=C(\O)c1ccc2ccccc2c1. The lowest BCUT2D eigenvalue weighted by Gasteiger charge is -2.23. The number of aromatic amines is 1. The Kier molecular flexibility index (Phi) is 4.70. The Labute approximate surface area is 199 Å². The average molecular weight is 463 g/mol. The van der Waals surface area contributed by atoms with Crippen molar-refractivity contribution in [3.63, 3.8) is 0 Å². The minimum Gasteiger partial charge on any atom is -0.507 e. The highest BCUT2D eigenvalue weighted by Crippen LogP contribution is 2.41. The standard InChI is InChI=1S/C28H18FN3O3/c29-20-12-13-21-22(15-20)31-28(30-21)32-24(17-7-2-1-3-8-17)23(26(34)27(32)35)25(33)19-11-10-16-6-4-5-9-18(16)14-19/h1-15,24,33H,(H,30,31)/b25-23+. The minimum absolute atomic E-state index is 0.0388. The summed E-state index contributed by atoms with van der Waals surface area (Å²) in [5.74, 6) is -2.28. The zero-order valence-corrected chi connectivity index (χ0v) is 18.3. The summed E-state index contributed by atoms with van der Waals surface area (Å²) < 4.78 is 13.7. The first-order chi connectivity index (χ1) is 17.0. The fourth-order valence-corrected chi connectivity index (χ4v) is 4.58. The first-order valence-electron chi connectivity index (χ1n) is 11.0. The molecule has 170 valence electrons. The van der Waals surface area contributed by atoms with E-state index in [0.29, 0.717) is 22.2 Å². The van der Waals surface area contributed by atoms with Crippen LogP contribution in [0.4, 0.5) is 10.3 Å². The molecule has 0 radical (unpaired) electrons. The second kappa shape index (κ2) is 7.92. The van der Waals surface area contributed by atoms with Gasteiger partial charge in [0.05, 0.1) is 22.6 Å². The molecule has 7 heteroatoms. The third-order valence-electron chi connectivity index (χ3n) is 6.24. The van der Waals surface area contributed by atoms with E-state index in [2.05, 4.69) is 9.97 Å². The molecule has 1 aliphatic heterocycles. The normalized spacial score (nSPS) is 17.5. The minimum atomic E-state index is -0.923. The molecule has 0 spiro atoms. The number of amides is 1. The summed E-state index contributed by atoms with van der Waals surface area (Å²) >= 11 is 0. The van der Waals surface area contributed by atoms with Crippen molar-refractivity contribution in [2.24, 2.45) is 0 Å². The lowest BCUT2D eigenvalue weighted by Crippen LogP contribution is -2.30. The van der Waals surface area contributed by atoms with Crippen molar-refractivity contribution >= 4 is 45.2 Å². The van der Waals surface area contributed by atoms with Gasteiger partial charge in [0.2, 0.25) is 5.95 Å². The van der Waals surface area contributed by atoms with Crippen LogP contribution < -0.4 is 4.90 Å². The zero-order valence-electron chi connectivity index (χ0n) is 18.3. The third-order valence-corrected chi connectivity index (χ3v) is 6.24. The molecule has 2 heterocycles. The van der Waals surface area contributed by atoms with Crippen LogP contribution in [0.2, 0.25) is 0 Å². The van der Waals surface area contributed by atoms with Gasteiger partial charge >= 0.3 is 5.91 Å². The summed E-state index contributed by atoms with van der Waals surface area (Å²) in [7, 11) is 0. The summed E-state index contributed by atoms with van der Waals surface area (Å²) in [6.07, 6.45) is 0. The molecule has 35 heavy (non-hydrogen) atoms. The highest BCUT2D eigenvalue weighted by molar-refractivity contribution is 6.51. The van der Waals surface area contributed by atoms with Gasteiger partial charge < -0.3 is 10.1 Å². The van der Waals surface area contributed by atoms with Gasteiger partial charge in [-0.1, -0.05) is 66.7 Å². The Morgan fingerprint density at radius 3 is 2.43 bits per heavy atom. The largest absolute Gasteiger partial charge is 0.507 e. The van der Waals surface area contributed by atoms with Gasteiger partial charge in [-0.25, -0.2) is 9.37 Å². The fraction of sp³-hybridized carbons (Fsp3) is 0.0357. The second-order valence-corrected chi connectivity index (χ2v) is 8.36. The molecule has 1 aliphatic rings. The zero-order chi connectivity index (χ0) is 24.1. The Bertz CT molecular complexity index is 1670. The van der Waals surface area contributed by atoms with Crippen molar-refractivity contribution in [3.8, 4) is 0 Å². The van der Waals surface area contributed by atoms with Gasteiger partial charge in [-0.3, -0.25) is 14.5 Å². The van der Waals surface area contributed by atoms with E-state index >= 15 is 0 Å². The lowest BCUT2D eigenvalue weighted by molar-refractivity contribution is -0.132. The molecule has 6 nitrogen and oxygen atoms in total. The van der Waals surface area contributed by atoms with Gasteiger partial charge in [0, 0.05) is 5.56 Å². The Hall–Kier alpha value is -4.78. The Balaban J connectivity index is 1.56. The third kappa shape index (κ3) is 3.36. The van der Waals surface area contributed by atoms with Crippen molar-refractivity contribution in [2.75, 3.05) is 4.90 Å². The summed E-state index contributed by atoms with van der Waals surface area (Å²) in [5.41, 5.74) is 1.85. The molecule has 1 aromatic heterocycles. The van der Waals surface area contributed by atoms with Crippen LogP contribution in [0.15, 0.2) is 96.6 Å². The fourth-order valence-electron chi connectivity index (χ4n) is 4.58. The maximum atomic E-state index is 13.7. The van der Waals surface area contributed by atoms with Crippen LogP contribution in [-0.4, -0.2) is 26.8 Å². The number of halogens is 1. The van der Waals surface area contributed by atoms with Crippen molar-refractivity contribution in [1.29, 1.82) is 0 Å². The molecule has 0 saturated carbocycles. The molecule has 1 saturated heterocycles. The van der Waals surface area contributed by atoms with Crippen molar-refractivity contribution < 1.29 is 19.1 Å².